The molecule has 0 aliphatic heterocycles. The number of ether oxygens (including phenoxy) is 1. The van der Waals surface area contributed by atoms with E-state index in [1.807, 2.05) is 13.8 Å². The number of ketones is 1. The van der Waals surface area contributed by atoms with E-state index in [9.17, 15) is 14.4 Å². The molecule has 3 atom stereocenters. The molecule has 0 aromatic heterocycles. The Morgan fingerprint density at radius 1 is 1.22 bits per heavy atom. The Hall–Kier alpha value is -2.37. The van der Waals surface area contributed by atoms with Crippen LogP contribution >= 0.6 is 0 Å². The molecule has 1 fully saturated rings. The van der Waals surface area contributed by atoms with Gasteiger partial charge in [0.25, 0.3) is 0 Å². The number of anilines is 1. The zero-order valence-electron chi connectivity index (χ0n) is 13.8. The molecule has 6 nitrogen and oxygen atoms in total. The topological polar surface area (TPSA) is 98.5 Å². The summed E-state index contributed by atoms with van der Waals surface area (Å²) in [6.07, 6.45) is 0. The lowest BCUT2D eigenvalue weighted by atomic mass is 9.91. The number of Topliss-reactive ketones (excluding diaryl/α,β-unsaturated/α-hetero) is 1. The van der Waals surface area contributed by atoms with Crippen LogP contribution in [0.2, 0.25) is 0 Å². The number of benzene rings is 1. The zero-order chi connectivity index (χ0) is 17.4. The summed E-state index contributed by atoms with van der Waals surface area (Å²) in [7, 11) is 1.25. The fourth-order valence-electron chi connectivity index (χ4n) is 3.10. The number of hydrogen-bond donors (Lipinski definition) is 2. The number of carbonyl (C=O) groups is 3. The molecule has 2 rings (SSSR count). The molecule has 0 unspecified atom stereocenters. The van der Waals surface area contributed by atoms with E-state index in [0.29, 0.717) is 11.3 Å². The summed E-state index contributed by atoms with van der Waals surface area (Å²) in [6.45, 7) is 5.26. The van der Waals surface area contributed by atoms with Crippen molar-refractivity contribution < 1.29 is 19.1 Å². The molecule has 1 aliphatic carbocycles. The molecular formula is C17H22N2O4. The molecule has 6 heteroatoms. The van der Waals surface area contributed by atoms with E-state index in [1.165, 1.54) is 7.11 Å². The van der Waals surface area contributed by atoms with Gasteiger partial charge in [-0.15, -0.1) is 0 Å². The van der Waals surface area contributed by atoms with Gasteiger partial charge < -0.3 is 15.8 Å². The van der Waals surface area contributed by atoms with Crippen molar-refractivity contribution in [1.82, 2.24) is 5.32 Å². The molecule has 0 heterocycles. The number of hydrogen-bond acceptors (Lipinski definition) is 5. The summed E-state index contributed by atoms with van der Waals surface area (Å²) < 4.78 is 4.77. The molecule has 124 valence electrons. The number of esters is 1. The fourth-order valence-corrected chi connectivity index (χ4v) is 3.10. The number of nitrogens with one attached hydrogen (secondary N) is 1. The van der Waals surface area contributed by atoms with Gasteiger partial charge in [0.05, 0.1) is 24.4 Å². The third-order valence-corrected chi connectivity index (χ3v) is 4.38. The van der Waals surface area contributed by atoms with Crippen LogP contribution < -0.4 is 11.1 Å². The second-order valence-corrected chi connectivity index (χ2v) is 6.34. The van der Waals surface area contributed by atoms with Gasteiger partial charge >= 0.3 is 5.97 Å². The molecule has 1 aliphatic rings. The normalized spacial score (nSPS) is 25.8. The maximum atomic E-state index is 12.9. The molecule has 0 radical (unpaired) electrons. The minimum absolute atomic E-state index is 0.0810. The SMILES string of the molecule is COC(=O)[C@H]1[C@@H](C(=O)NC(C)C)[C@@]1(C)C(=O)c1ccccc1N. The van der Waals surface area contributed by atoms with Crippen molar-refractivity contribution in [3.63, 3.8) is 0 Å². The second kappa shape index (κ2) is 6.02. The van der Waals surface area contributed by atoms with Gasteiger partial charge in [0.15, 0.2) is 5.78 Å². The van der Waals surface area contributed by atoms with Crippen molar-refractivity contribution in [2.24, 2.45) is 17.3 Å². The van der Waals surface area contributed by atoms with Crippen LogP contribution in [0.25, 0.3) is 0 Å². The van der Waals surface area contributed by atoms with Gasteiger partial charge in [-0.3, -0.25) is 14.4 Å². The molecular weight excluding hydrogens is 296 g/mol. The first kappa shape index (κ1) is 17.0. The van der Waals surface area contributed by atoms with E-state index in [1.54, 1.807) is 31.2 Å². The number of methoxy groups -OCH3 is 1. The molecule has 1 aromatic rings. The monoisotopic (exact) mass is 318 g/mol. The summed E-state index contributed by atoms with van der Waals surface area (Å²) >= 11 is 0. The van der Waals surface area contributed by atoms with Crippen molar-refractivity contribution in [2.75, 3.05) is 12.8 Å². The number of para-hydroxylation sites is 1. The molecule has 23 heavy (non-hydrogen) atoms. The van der Waals surface area contributed by atoms with Crippen LogP contribution in [0.5, 0.6) is 0 Å². The van der Waals surface area contributed by atoms with Crippen LogP contribution in [0.3, 0.4) is 0 Å². The van der Waals surface area contributed by atoms with Gasteiger partial charge in [0, 0.05) is 17.3 Å². The van der Waals surface area contributed by atoms with Gasteiger partial charge in [-0.25, -0.2) is 0 Å². The highest BCUT2D eigenvalue weighted by atomic mass is 16.5. The van der Waals surface area contributed by atoms with Crippen LogP contribution in [-0.2, 0) is 14.3 Å². The fraction of sp³-hybridized carbons (Fsp3) is 0.471. The van der Waals surface area contributed by atoms with Crippen molar-refractivity contribution in [3.8, 4) is 0 Å². The maximum absolute atomic E-state index is 12.9. The molecule has 0 saturated heterocycles. The Bertz CT molecular complexity index is 656. The van der Waals surface area contributed by atoms with E-state index in [0.717, 1.165) is 0 Å². The maximum Gasteiger partial charge on any atom is 0.310 e. The van der Waals surface area contributed by atoms with E-state index >= 15 is 0 Å². The van der Waals surface area contributed by atoms with Crippen LogP contribution in [0.15, 0.2) is 24.3 Å². The first-order chi connectivity index (χ1) is 10.7. The van der Waals surface area contributed by atoms with Gasteiger partial charge in [-0.1, -0.05) is 19.1 Å². The first-order valence-corrected chi connectivity index (χ1v) is 7.52. The summed E-state index contributed by atoms with van der Waals surface area (Å²) in [5.41, 5.74) is 5.38. The van der Waals surface area contributed by atoms with Crippen molar-refractivity contribution in [1.29, 1.82) is 0 Å². The van der Waals surface area contributed by atoms with E-state index < -0.39 is 23.2 Å². The van der Waals surface area contributed by atoms with Gasteiger partial charge in [0.2, 0.25) is 5.91 Å². The average Bonchev–Trinajstić information content (AvgIpc) is 3.13. The van der Waals surface area contributed by atoms with Gasteiger partial charge in [0.1, 0.15) is 0 Å². The number of nitrogens with two attached hydrogens (primary N) is 1. The lowest BCUT2D eigenvalue weighted by Crippen LogP contribution is -2.34. The quantitative estimate of drug-likeness (QED) is 0.486. The minimum Gasteiger partial charge on any atom is -0.469 e. The lowest BCUT2D eigenvalue weighted by Gasteiger charge is -2.13. The summed E-state index contributed by atoms with van der Waals surface area (Å²) in [4.78, 5) is 37.3. The van der Waals surface area contributed by atoms with Crippen LogP contribution in [-0.4, -0.2) is 30.8 Å². The predicted octanol–water partition coefficient (Wildman–Crippen LogP) is 1.40. The van der Waals surface area contributed by atoms with Crippen molar-refractivity contribution in [3.05, 3.63) is 29.8 Å². The van der Waals surface area contributed by atoms with E-state index in [2.05, 4.69) is 5.32 Å². The largest absolute Gasteiger partial charge is 0.469 e. The van der Waals surface area contributed by atoms with Gasteiger partial charge in [-0.2, -0.15) is 0 Å². The molecule has 0 spiro atoms. The zero-order valence-corrected chi connectivity index (χ0v) is 13.8. The van der Waals surface area contributed by atoms with Gasteiger partial charge in [-0.05, 0) is 26.0 Å². The number of rotatable bonds is 5. The minimum atomic E-state index is -1.14. The third kappa shape index (κ3) is 2.81. The van der Waals surface area contributed by atoms with E-state index in [-0.39, 0.29) is 17.7 Å². The highest BCUT2D eigenvalue weighted by molar-refractivity contribution is 6.13. The first-order valence-electron chi connectivity index (χ1n) is 7.52. The number of nitrogen functional groups attached to an aromatic ring is 1. The summed E-state index contributed by atoms with van der Waals surface area (Å²) in [6, 6.07) is 6.57. The standard InChI is InChI=1S/C17H22N2O4/c1-9(2)19-15(21)12-13(16(22)23-4)17(12,3)14(20)10-7-5-6-8-11(10)18/h5-9,12-13H,18H2,1-4H3,(H,19,21)/t12-,13+,17+/m0/s1. The average molecular weight is 318 g/mol. The second-order valence-electron chi connectivity index (χ2n) is 6.34. The van der Waals surface area contributed by atoms with Crippen LogP contribution in [0.1, 0.15) is 31.1 Å². The summed E-state index contributed by atoms with van der Waals surface area (Å²) in [5, 5.41) is 2.76. The molecule has 3 N–H and O–H groups in total. The molecule has 0 bridgehead atoms. The Morgan fingerprint density at radius 2 is 1.83 bits per heavy atom. The Labute approximate surface area is 135 Å². The summed E-state index contributed by atoms with van der Waals surface area (Å²) in [5.74, 6) is -2.72. The van der Waals surface area contributed by atoms with Crippen molar-refractivity contribution in [2.45, 2.75) is 26.8 Å². The van der Waals surface area contributed by atoms with Crippen molar-refractivity contribution >= 4 is 23.3 Å². The Morgan fingerprint density at radius 3 is 2.35 bits per heavy atom. The molecule has 1 saturated carbocycles. The number of amides is 1. The highest BCUT2D eigenvalue weighted by Gasteiger charge is 2.73. The lowest BCUT2D eigenvalue weighted by molar-refractivity contribution is -0.144. The molecule has 1 aromatic carbocycles. The molecule has 1 amide bonds. The highest BCUT2D eigenvalue weighted by Crippen LogP contribution is 2.61. The number of carbonyl (C=O) groups excluding carboxylic acids is 3. The smallest absolute Gasteiger partial charge is 0.310 e. The Balaban J connectivity index is 2.36. The van der Waals surface area contributed by atoms with E-state index in [4.69, 9.17) is 10.5 Å². The third-order valence-electron chi connectivity index (χ3n) is 4.38. The van der Waals surface area contributed by atoms with Crippen LogP contribution in [0.4, 0.5) is 5.69 Å². The Kier molecular flexibility index (Phi) is 4.45. The van der Waals surface area contributed by atoms with Crippen LogP contribution in [0, 0.1) is 17.3 Å². The predicted molar refractivity (Wildman–Crippen MR) is 85.6 cm³/mol.